The van der Waals surface area contributed by atoms with Gasteiger partial charge in [-0.15, -0.1) is 0 Å². The van der Waals surface area contributed by atoms with Crippen molar-refractivity contribution < 1.29 is 9.53 Å². The van der Waals surface area contributed by atoms with Gasteiger partial charge in [0.15, 0.2) is 0 Å². The zero-order valence-electron chi connectivity index (χ0n) is 20.9. The quantitative estimate of drug-likeness (QED) is 0.346. The number of nitrogens with one attached hydrogen (secondary N) is 3. The van der Waals surface area contributed by atoms with E-state index in [4.69, 9.17) is 10.00 Å². The van der Waals surface area contributed by atoms with Crippen LogP contribution in [0.15, 0.2) is 61.3 Å². The van der Waals surface area contributed by atoms with Crippen LogP contribution in [-0.4, -0.2) is 62.1 Å². The zero-order chi connectivity index (χ0) is 26.1. The molecule has 3 rings (SSSR count). The third-order valence-electron chi connectivity index (χ3n) is 5.24. The predicted molar refractivity (Wildman–Crippen MR) is 143 cm³/mol. The fourth-order valence-corrected chi connectivity index (χ4v) is 3.29. The van der Waals surface area contributed by atoms with Gasteiger partial charge in [0.1, 0.15) is 11.6 Å². The molecule has 0 aliphatic carbocycles. The Morgan fingerprint density at radius 1 is 1.11 bits per heavy atom. The minimum Gasteiger partial charge on any atom is -0.494 e. The first-order chi connectivity index (χ1) is 17.3. The number of amides is 1. The van der Waals surface area contributed by atoms with E-state index in [2.05, 4.69) is 43.5 Å². The number of methoxy groups -OCH3 is 1. The largest absolute Gasteiger partial charge is 0.494 e. The van der Waals surface area contributed by atoms with Gasteiger partial charge in [-0.3, -0.25) is 4.79 Å². The Kier molecular flexibility index (Phi) is 8.80. The van der Waals surface area contributed by atoms with Gasteiger partial charge in [0, 0.05) is 38.1 Å². The SMILES string of the molecule is C=CC(=O)Nc1cc(Nc2nccc(Nc3ccc(C#N)cc3)n2)c(OC)cc1N(C)CCN(C)C. The van der Waals surface area contributed by atoms with Gasteiger partial charge in [0.2, 0.25) is 11.9 Å². The van der Waals surface area contributed by atoms with Crippen LogP contribution in [0.3, 0.4) is 0 Å². The second-order valence-electron chi connectivity index (χ2n) is 8.19. The minimum atomic E-state index is -0.321. The third-order valence-corrected chi connectivity index (χ3v) is 5.24. The van der Waals surface area contributed by atoms with Crippen molar-refractivity contribution in [2.75, 3.05) is 62.2 Å². The lowest BCUT2D eigenvalue weighted by molar-refractivity contribution is -0.111. The molecule has 0 unspecified atom stereocenters. The van der Waals surface area contributed by atoms with Crippen LogP contribution >= 0.6 is 0 Å². The Morgan fingerprint density at radius 3 is 2.50 bits per heavy atom. The van der Waals surface area contributed by atoms with Crippen LogP contribution < -0.4 is 25.6 Å². The molecule has 186 valence electrons. The molecule has 0 radical (unpaired) electrons. The van der Waals surface area contributed by atoms with Crippen molar-refractivity contribution >= 4 is 40.4 Å². The van der Waals surface area contributed by atoms with E-state index in [1.807, 2.05) is 32.1 Å². The maximum Gasteiger partial charge on any atom is 0.247 e. The maximum atomic E-state index is 12.1. The lowest BCUT2D eigenvalue weighted by atomic mass is 10.2. The molecule has 2 aromatic carbocycles. The predicted octanol–water partition coefficient (Wildman–Crippen LogP) is 3.97. The fourth-order valence-electron chi connectivity index (χ4n) is 3.29. The molecule has 3 N–H and O–H groups in total. The van der Waals surface area contributed by atoms with Crippen molar-refractivity contribution in [1.82, 2.24) is 14.9 Å². The molecule has 0 saturated heterocycles. The average Bonchev–Trinajstić information content (AvgIpc) is 2.88. The highest BCUT2D eigenvalue weighted by atomic mass is 16.5. The van der Waals surface area contributed by atoms with Crippen LogP contribution in [-0.2, 0) is 4.79 Å². The van der Waals surface area contributed by atoms with E-state index in [1.165, 1.54) is 6.08 Å². The normalized spacial score (nSPS) is 10.3. The molecule has 0 atom stereocenters. The number of hydrogen-bond acceptors (Lipinski definition) is 9. The molecule has 10 nitrogen and oxygen atoms in total. The second-order valence-corrected chi connectivity index (χ2v) is 8.19. The highest BCUT2D eigenvalue weighted by molar-refractivity contribution is 6.02. The molecule has 0 fully saturated rings. The summed E-state index contributed by atoms with van der Waals surface area (Å²) in [5.41, 5.74) is 3.34. The molecule has 36 heavy (non-hydrogen) atoms. The van der Waals surface area contributed by atoms with Gasteiger partial charge in [-0.1, -0.05) is 6.58 Å². The van der Waals surface area contributed by atoms with Crippen molar-refractivity contribution in [1.29, 1.82) is 5.26 Å². The van der Waals surface area contributed by atoms with Gasteiger partial charge in [0.05, 0.1) is 35.8 Å². The number of carbonyl (C=O) groups excluding carboxylic acids is 1. The monoisotopic (exact) mass is 486 g/mol. The van der Waals surface area contributed by atoms with Crippen LogP contribution in [0.2, 0.25) is 0 Å². The number of carbonyl (C=O) groups is 1. The second kappa shape index (κ2) is 12.2. The molecule has 0 saturated carbocycles. The Morgan fingerprint density at radius 2 is 1.86 bits per heavy atom. The van der Waals surface area contributed by atoms with Gasteiger partial charge in [-0.25, -0.2) is 4.98 Å². The number of anilines is 6. The molecule has 1 heterocycles. The van der Waals surface area contributed by atoms with Crippen LogP contribution in [0.1, 0.15) is 5.56 Å². The standard InChI is InChI=1S/C26H30N8O2/c1-6-25(35)30-20-15-21(23(36-5)16-22(20)34(4)14-13-33(2)3)31-26-28-12-11-24(32-26)29-19-9-7-18(17-27)8-10-19/h6-12,15-16H,1,13-14H2,2-5H3,(H,30,35)(H2,28,29,31,32). The maximum absolute atomic E-state index is 12.1. The smallest absolute Gasteiger partial charge is 0.247 e. The number of rotatable bonds is 11. The first kappa shape index (κ1) is 26.0. The number of likely N-dealkylation sites (N-methyl/N-ethyl adjacent to an activating group) is 2. The molecule has 0 aliphatic heterocycles. The van der Waals surface area contributed by atoms with Gasteiger partial charge < -0.3 is 30.5 Å². The molecular formula is C26H30N8O2. The van der Waals surface area contributed by atoms with E-state index in [1.54, 1.807) is 49.7 Å². The number of nitriles is 1. The van der Waals surface area contributed by atoms with Crippen molar-refractivity contribution in [2.45, 2.75) is 0 Å². The van der Waals surface area contributed by atoms with Crippen LogP contribution in [0.4, 0.5) is 34.5 Å². The number of aromatic nitrogens is 2. The van der Waals surface area contributed by atoms with E-state index in [0.717, 1.165) is 24.5 Å². The van der Waals surface area contributed by atoms with Crippen LogP contribution in [0, 0.1) is 11.3 Å². The molecule has 3 aromatic rings. The Balaban J connectivity index is 1.89. The van der Waals surface area contributed by atoms with Gasteiger partial charge in [0.25, 0.3) is 0 Å². The molecule has 0 aliphatic rings. The zero-order valence-corrected chi connectivity index (χ0v) is 20.9. The van der Waals surface area contributed by atoms with E-state index in [9.17, 15) is 4.79 Å². The average molecular weight is 487 g/mol. The van der Waals surface area contributed by atoms with E-state index in [-0.39, 0.29) is 5.91 Å². The molecule has 10 heteroatoms. The number of hydrogen-bond donors (Lipinski definition) is 3. The Hall–Kier alpha value is -4.62. The van der Waals surface area contributed by atoms with Crippen molar-refractivity contribution in [3.63, 3.8) is 0 Å². The third kappa shape index (κ3) is 6.94. The lowest BCUT2D eigenvalue weighted by Gasteiger charge is -2.26. The number of ether oxygens (including phenoxy) is 1. The summed E-state index contributed by atoms with van der Waals surface area (Å²) in [5.74, 6) is 1.14. The fraction of sp³-hybridized carbons (Fsp3) is 0.231. The summed E-state index contributed by atoms with van der Waals surface area (Å²) in [5, 5.41) is 18.2. The number of benzene rings is 2. The number of nitrogens with zero attached hydrogens (tertiary/aromatic N) is 5. The summed E-state index contributed by atoms with van der Waals surface area (Å²) in [6, 6.07) is 14.5. The summed E-state index contributed by atoms with van der Waals surface area (Å²) in [4.78, 5) is 25.1. The first-order valence-corrected chi connectivity index (χ1v) is 11.2. The minimum absolute atomic E-state index is 0.321. The highest BCUT2D eigenvalue weighted by Crippen LogP contribution is 2.38. The van der Waals surface area contributed by atoms with E-state index >= 15 is 0 Å². The van der Waals surface area contributed by atoms with Gasteiger partial charge in [-0.2, -0.15) is 10.2 Å². The van der Waals surface area contributed by atoms with Crippen molar-refractivity contribution in [2.24, 2.45) is 0 Å². The van der Waals surface area contributed by atoms with Crippen LogP contribution in [0.5, 0.6) is 5.75 Å². The summed E-state index contributed by atoms with van der Waals surface area (Å²) in [6.07, 6.45) is 2.85. The highest BCUT2D eigenvalue weighted by Gasteiger charge is 2.16. The summed E-state index contributed by atoms with van der Waals surface area (Å²) in [7, 11) is 7.55. The molecule has 1 amide bonds. The van der Waals surface area contributed by atoms with E-state index < -0.39 is 0 Å². The lowest BCUT2D eigenvalue weighted by Crippen LogP contribution is -2.29. The van der Waals surface area contributed by atoms with Gasteiger partial charge in [-0.05, 0) is 56.6 Å². The Labute approximate surface area is 211 Å². The molecule has 1 aromatic heterocycles. The summed E-state index contributed by atoms with van der Waals surface area (Å²) in [6.45, 7) is 5.13. The summed E-state index contributed by atoms with van der Waals surface area (Å²) < 4.78 is 5.64. The first-order valence-electron chi connectivity index (χ1n) is 11.2. The van der Waals surface area contributed by atoms with Gasteiger partial charge >= 0.3 is 0 Å². The Bertz CT molecular complexity index is 1250. The summed E-state index contributed by atoms with van der Waals surface area (Å²) >= 11 is 0. The topological polar surface area (TPSA) is 118 Å². The van der Waals surface area contributed by atoms with Crippen molar-refractivity contribution in [3.8, 4) is 11.8 Å². The van der Waals surface area contributed by atoms with E-state index in [0.29, 0.717) is 34.5 Å². The molecule has 0 bridgehead atoms. The van der Waals surface area contributed by atoms with Crippen LogP contribution in [0.25, 0.3) is 0 Å². The van der Waals surface area contributed by atoms with Crippen molar-refractivity contribution in [3.05, 3.63) is 66.9 Å². The molecular weight excluding hydrogens is 456 g/mol. The molecule has 0 spiro atoms.